The second-order valence-electron chi connectivity index (χ2n) is 5.60. The molecule has 3 nitrogen and oxygen atoms in total. The Balaban J connectivity index is 1.96. The molecule has 4 N–H and O–H groups in total. The van der Waals surface area contributed by atoms with Crippen LogP contribution < -0.4 is 11.1 Å². The molecule has 1 heterocycles. The van der Waals surface area contributed by atoms with Crippen molar-refractivity contribution in [2.45, 2.75) is 38.1 Å². The molecule has 1 aromatic heterocycles. The summed E-state index contributed by atoms with van der Waals surface area (Å²) in [5, 5.41) is 5.05. The fraction of sp³-hybridized carbons (Fsp3) is 0.500. The molecular formula is C16H22BrN3. The largest absolute Gasteiger partial charge is 0.357 e. The Kier molecular flexibility index (Phi) is 4.44. The third kappa shape index (κ3) is 2.78. The van der Waals surface area contributed by atoms with Crippen LogP contribution in [-0.4, -0.2) is 18.1 Å². The molecule has 1 aromatic carbocycles. The molecule has 1 aliphatic rings. The zero-order valence-corrected chi connectivity index (χ0v) is 13.3. The summed E-state index contributed by atoms with van der Waals surface area (Å²) in [6.07, 6.45) is 6.00. The first-order valence-corrected chi connectivity index (χ1v) is 8.32. The van der Waals surface area contributed by atoms with Gasteiger partial charge in [0.2, 0.25) is 0 Å². The summed E-state index contributed by atoms with van der Waals surface area (Å²) in [6, 6.07) is 6.97. The number of rotatable bonds is 4. The van der Waals surface area contributed by atoms with Crippen LogP contribution >= 0.6 is 15.9 Å². The van der Waals surface area contributed by atoms with Crippen LogP contribution in [0.4, 0.5) is 0 Å². The van der Waals surface area contributed by atoms with Gasteiger partial charge in [0.1, 0.15) is 0 Å². The van der Waals surface area contributed by atoms with Crippen LogP contribution in [0.15, 0.2) is 22.7 Å². The van der Waals surface area contributed by atoms with Gasteiger partial charge in [0, 0.05) is 27.1 Å². The summed E-state index contributed by atoms with van der Waals surface area (Å²) in [6.45, 7) is 1.76. The molecule has 108 valence electrons. The Bertz CT molecular complexity index is 591. The first-order chi connectivity index (χ1) is 9.79. The lowest BCUT2D eigenvalue weighted by atomic mass is 10.0. The summed E-state index contributed by atoms with van der Waals surface area (Å²) in [7, 11) is 0. The Morgan fingerprint density at radius 2 is 2.25 bits per heavy atom. The SMILES string of the molecule is NCCCNC1CCCCc2c1[nH]c1ccc(Br)cc21. The van der Waals surface area contributed by atoms with Crippen molar-refractivity contribution in [2.75, 3.05) is 13.1 Å². The van der Waals surface area contributed by atoms with Gasteiger partial charge >= 0.3 is 0 Å². The molecule has 2 aromatic rings. The third-order valence-electron chi connectivity index (χ3n) is 4.19. The Labute approximate surface area is 128 Å². The van der Waals surface area contributed by atoms with E-state index in [4.69, 9.17) is 5.73 Å². The molecule has 3 rings (SSSR count). The van der Waals surface area contributed by atoms with Crippen molar-refractivity contribution < 1.29 is 0 Å². The lowest BCUT2D eigenvalue weighted by Gasteiger charge is -2.16. The fourth-order valence-electron chi connectivity index (χ4n) is 3.18. The lowest BCUT2D eigenvalue weighted by molar-refractivity contribution is 0.478. The van der Waals surface area contributed by atoms with E-state index in [1.165, 1.54) is 47.8 Å². The van der Waals surface area contributed by atoms with Gasteiger partial charge in [-0.15, -0.1) is 0 Å². The van der Waals surface area contributed by atoms with Crippen molar-refractivity contribution in [2.24, 2.45) is 5.73 Å². The summed E-state index contributed by atoms with van der Waals surface area (Å²) in [4.78, 5) is 3.65. The highest BCUT2D eigenvalue weighted by Gasteiger charge is 2.22. The molecule has 0 aliphatic heterocycles. The van der Waals surface area contributed by atoms with E-state index in [-0.39, 0.29) is 0 Å². The second kappa shape index (κ2) is 6.29. The average molecular weight is 336 g/mol. The molecule has 1 aliphatic carbocycles. The van der Waals surface area contributed by atoms with Crippen LogP contribution in [0.3, 0.4) is 0 Å². The molecule has 1 atom stereocenters. The number of fused-ring (bicyclic) bond motifs is 3. The smallest absolute Gasteiger partial charge is 0.0476 e. The summed E-state index contributed by atoms with van der Waals surface area (Å²) in [5.74, 6) is 0. The quantitative estimate of drug-likeness (QED) is 0.590. The molecule has 4 heteroatoms. The first-order valence-electron chi connectivity index (χ1n) is 7.53. The molecule has 20 heavy (non-hydrogen) atoms. The van der Waals surface area contributed by atoms with E-state index in [2.05, 4.69) is 44.4 Å². The Morgan fingerprint density at radius 1 is 1.35 bits per heavy atom. The standard InChI is InChI=1S/C16H22BrN3/c17-11-6-7-14-13(10-11)12-4-1-2-5-15(16(12)20-14)19-9-3-8-18/h6-7,10,15,19-20H,1-5,8-9,18H2. The van der Waals surface area contributed by atoms with Crippen LogP contribution in [0.2, 0.25) is 0 Å². The number of halogens is 1. The second-order valence-corrected chi connectivity index (χ2v) is 6.52. The number of H-pyrrole nitrogens is 1. The highest BCUT2D eigenvalue weighted by molar-refractivity contribution is 9.10. The van der Waals surface area contributed by atoms with Crippen molar-refractivity contribution in [1.82, 2.24) is 10.3 Å². The molecule has 0 saturated heterocycles. The fourth-order valence-corrected chi connectivity index (χ4v) is 3.55. The Morgan fingerprint density at radius 3 is 3.10 bits per heavy atom. The van der Waals surface area contributed by atoms with Gasteiger partial charge in [0.05, 0.1) is 0 Å². The molecule has 0 radical (unpaired) electrons. The van der Waals surface area contributed by atoms with E-state index in [0.29, 0.717) is 6.04 Å². The number of hydrogen-bond acceptors (Lipinski definition) is 2. The van der Waals surface area contributed by atoms with Crippen LogP contribution in [0.1, 0.15) is 43.0 Å². The maximum absolute atomic E-state index is 5.59. The van der Waals surface area contributed by atoms with Crippen LogP contribution in [0.5, 0.6) is 0 Å². The van der Waals surface area contributed by atoms with Gasteiger partial charge in [-0.25, -0.2) is 0 Å². The highest BCUT2D eigenvalue weighted by Crippen LogP contribution is 2.34. The maximum atomic E-state index is 5.59. The predicted molar refractivity (Wildman–Crippen MR) is 88.0 cm³/mol. The van der Waals surface area contributed by atoms with Gasteiger partial charge < -0.3 is 16.0 Å². The average Bonchev–Trinajstić information content (AvgIpc) is 2.67. The number of aryl methyl sites for hydroxylation is 1. The van der Waals surface area contributed by atoms with Crippen molar-refractivity contribution in [3.63, 3.8) is 0 Å². The van der Waals surface area contributed by atoms with Crippen molar-refractivity contribution in [3.05, 3.63) is 33.9 Å². The summed E-state index contributed by atoms with van der Waals surface area (Å²) < 4.78 is 1.16. The van der Waals surface area contributed by atoms with E-state index in [0.717, 1.165) is 24.0 Å². The van der Waals surface area contributed by atoms with Crippen LogP contribution in [0.25, 0.3) is 10.9 Å². The summed E-state index contributed by atoms with van der Waals surface area (Å²) >= 11 is 3.59. The van der Waals surface area contributed by atoms with Crippen LogP contribution in [-0.2, 0) is 6.42 Å². The number of benzene rings is 1. The number of nitrogens with two attached hydrogens (primary N) is 1. The molecule has 0 amide bonds. The third-order valence-corrected chi connectivity index (χ3v) is 4.68. The molecule has 0 fully saturated rings. The van der Waals surface area contributed by atoms with Gasteiger partial charge in [0.15, 0.2) is 0 Å². The minimum atomic E-state index is 0.449. The molecule has 1 unspecified atom stereocenters. The van der Waals surface area contributed by atoms with E-state index in [1.807, 2.05) is 0 Å². The molecular weight excluding hydrogens is 314 g/mol. The van der Waals surface area contributed by atoms with Gasteiger partial charge in [0.25, 0.3) is 0 Å². The van der Waals surface area contributed by atoms with Gasteiger partial charge in [-0.05, 0) is 62.5 Å². The highest BCUT2D eigenvalue weighted by atomic mass is 79.9. The van der Waals surface area contributed by atoms with Crippen molar-refractivity contribution in [3.8, 4) is 0 Å². The number of aromatic amines is 1. The maximum Gasteiger partial charge on any atom is 0.0476 e. The predicted octanol–water partition coefficient (Wildman–Crippen LogP) is 3.64. The Hall–Kier alpha value is -0.840. The zero-order chi connectivity index (χ0) is 13.9. The minimum absolute atomic E-state index is 0.449. The normalized spacial score (nSPS) is 19.0. The molecule has 0 spiro atoms. The van der Waals surface area contributed by atoms with Crippen molar-refractivity contribution in [1.29, 1.82) is 0 Å². The zero-order valence-electron chi connectivity index (χ0n) is 11.7. The number of nitrogens with one attached hydrogen (secondary N) is 2. The lowest BCUT2D eigenvalue weighted by Crippen LogP contribution is -2.24. The van der Waals surface area contributed by atoms with E-state index in [1.54, 1.807) is 0 Å². The van der Waals surface area contributed by atoms with E-state index >= 15 is 0 Å². The number of aromatic nitrogens is 1. The van der Waals surface area contributed by atoms with Crippen molar-refractivity contribution >= 4 is 26.8 Å². The summed E-state index contributed by atoms with van der Waals surface area (Å²) in [5.41, 5.74) is 9.75. The molecule has 0 saturated carbocycles. The minimum Gasteiger partial charge on any atom is -0.357 e. The first kappa shape index (κ1) is 14.1. The van der Waals surface area contributed by atoms with E-state index in [9.17, 15) is 0 Å². The van der Waals surface area contributed by atoms with Crippen LogP contribution in [0, 0.1) is 0 Å². The topological polar surface area (TPSA) is 53.8 Å². The monoisotopic (exact) mass is 335 g/mol. The van der Waals surface area contributed by atoms with Gasteiger partial charge in [-0.1, -0.05) is 22.4 Å². The van der Waals surface area contributed by atoms with Gasteiger partial charge in [-0.2, -0.15) is 0 Å². The number of hydrogen-bond donors (Lipinski definition) is 3. The van der Waals surface area contributed by atoms with Gasteiger partial charge in [-0.3, -0.25) is 0 Å². The molecule has 0 bridgehead atoms. The van der Waals surface area contributed by atoms with E-state index < -0.39 is 0 Å².